The Kier molecular flexibility index (Phi) is 4.08. The van der Waals surface area contributed by atoms with Crippen molar-refractivity contribution in [2.75, 3.05) is 43.9 Å². The van der Waals surface area contributed by atoms with E-state index in [2.05, 4.69) is 55.3 Å². The van der Waals surface area contributed by atoms with Crippen LogP contribution in [-0.2, 0) is 6.54 Å². The van der Waals surface area contributed by atoms with Gasteiger partial charge in [-0.05, 0) is 31.2 Å². The highest BCUT2D eigenvalue weighted by molar-refractivity contribution is 5.53. The van der Waals surface area contributed by atoms with Crippen molar-refractivity contribution in [1.29, 1.82) is 0 Å². The predicted molar refractivity (Wildman–Crippen MR) is 93.9 cm³/mol. The maximum atomic E-state index is 5.77. The maximum absolute atomic E-state index is 5.77. The first-order chi connectivity index (χ1) is 10.5. The lowest BCUT2D eigenvalue weighted by Gasteiger charge is -2.43. The second kappa shape index (κ2) is 6.01. The number of likely N-dealkylation sites (N-methyl/N-ethyl adjacent to an activating group) is 1. The summed E-state index contributed by atoms with van der Waals surface area (Å²) >= 11 is 0. The van der Waals surface area contributed by atoms with E-state index in [-0.39, 0.29) is 0 Å². The molecule has 0 saturated carbocycles. The van der Waals surface area contributed by atoms with Gasteiger partial charge < -0.3 is 15.1 Å². The third-order valence-corrected chi connectivity index (χ3v) is 4.76. The van der Waals surface area contributed by atoms with E-state index in [9.17, 15) is 0 Å². The lowest BCUT2D eigenvalue weighted by atomic mass is 10.1. The number of rotatable bonds is 3. The molecule has 0 spiro atoms. The molecule has 0 bridgehead atoms. The molecule has 3 rings (SSSR count). The van der Waals surface area contributed by atoms with Gasteiger partial charge >= 0.3 is 0 Å². The van der Waals surface area contributed by atoms with E-state index < -0.39 is 0 Å². The number of hydrogen-bond donors (Lipinski definition) is 1. The van der Waals surface area contributed by atoms with E-state index in [0.717, 1.165) is 29.8 Å². The monoisotopic (exact) mass is 296 g/mol. The number of nitrogens with zero attached hydrogens (tertiary/aromatic N) is 2. The zero-order chi connectivity index (χ0) is 15.6. The fourth-order valence-electron chi connectivity index (χ4n) is 3.18. The highest BCUT2D eigenvalue weighted by atomic mass is 15.4. The van der Waals surface area contributed by atoms with Crippen molar-refractivity contribution in [3.63, 3.8) is 0 Å². The average Bonchev–Trinajstić information content (AvgIpc) is 2.51. The quantitative estimate of drug-likeness (QED) is 0.697. The van der Waals surface area contributed by atoms with Crippen LogP contribution in [0.5, 0.6) is 0 Å². The predicted octanol–water partition coefficient (Wildman–Crippen LogP) is 3.04. The smallest absolute Gasteiger partial charge is 0.104 e. The molecule has 1 fully saturated rings. The lowest BCUT2D eigenvalue weighted by Crippen LogP contribution is -2.56. The first kappa shape index (κ1) is 14.9. The van der Waals surface area contributed by atoms with Crippen LogP contribution in [0.15, 0.2) is 48.5 Å². The number of nitrogens with two attached hydrogens (primary N) is 1. The Labute approximate surface area is 133 Å². The first-order valence-electron chi connectivity index (χ1n) is 8.04. The summed E-state index contributed by atoms with van der Waals surface area (Å²) < 4.78 is 1.12. The minimum atomic E-state index is 0.834. The molecule has 1 aliphatic rings. The molecule has 22 heavy (non-hydrogen) atoms. The molecule has 2 aromatic rings. The van der Waals surface area contributed by atoms with Crippen LogP contribution in [0.4, 0.5) is 11.4 Å². The van der Waals surface area contributed by atoms with Crippen LogP contribution in [0.2, 0.25) is 0 Å². The van der Waals surface area contributed by atoms with Crippen LogP contribution in [-0.4, -0.2) is 37.7 Å². The van der Waals surface area contributed by atoms with Gasteiger partial charge in [-0.3, -0.25) is 0 Å². The van der Waals surface area contributed by atoms with E-state index in [1.165, 1.54) is 29.9 Å². The van der Waals surface area contributed by atoms with Crippen LogP contribution >= 0.6 is 0 Å². The average molecular weight is 296 g/mol. The van der Waals surface area contributed by atoms with Gasteiger partial charge in [0.05, 0.1) is 33.2 Å². The minimum Gasteiger partial charge on any atom is -0.399 e. The van der Waals surface area contributed by atoms with Gasteiger partial charge in [0.25, 0.3) is 0 Å². The van der Waals surface area contributed by atoms with E-state index >= 15 is 0 Å². The van der Waals surface area contributed by atoms with Gasteiger partial charge in [0.2, 0.25) is 0 Å². The third-order valence-electron chi connectivity index (χ3n) is 4.76. The van der Waals surface area contributed by atoms with Crippen molar-refractivity contribution in [3.8, 4) is 0 Å². The second-order valence-corrected chi connectivity index (χ2v) is 6.79. The van der Waals surface area contributed by atoms with Crippen LogP contribution in [0.3, 0.4) is 0 Å². The van der Waals surface area contributed by atoms with Crippen molar-refractivity contribution in [1.82, 2.24) is 0 Å². The van der Waals surface area contributed by atoms with Crippen molar-refractivity contribution in [2.24, 2.45) is 0 Å². The van der Waals surface area contributed by atoms with Gasteiger partial charge in [-0.1, -0.05) is 29.8 Å². The van der Waals surface area contributed by atoms with E-state index in [1.807, 2.05) is 12.1 Å². The number of quaternary nitrogens is 1. The summed E-state index contributed by atoms with van der Waals surface area (Å²) in [5, 5.41) is 0. The highest BCUT2D eigenvalue weighted by Gasteiger charge is 2.28. The molecule has 2 N–H and O–H groups in total. The molecule has 2 aromatic carbocycles. The van der Waals surface area contributed by atoms with Crippen molar-refractivity contribution in [2.45, 2.75) is 13.5 Å². The van der Waals surface area contributed by atoms with Crippen LogP contribution < -0.4 is 10.6 Å². The van der Waals surface area contributed by atoms with Gasteiger partial charge in [0.15, 0.2) is 0 Å². The maximum Gasteiger partial charge on any atom is 0.104 e. The molecule has 3 heteroatoms. The molecule has 1 saturated heterocycles. The first-order valence-corrected chi connectivity index (χ1v) is 8.04. The van der Waals surface area contributed by atoms with Crippen molar-refractivity contribution < 1.29 is 4.48 Å². The zero-order valence-electron chi connectivity index (χ0n) is 13.6. The lowest BCUT2D eigenvalue weighted by molar-refractivity contribution is -0.923. The molecular formula is C19H26N3+. The molecule has 0 radical (unpaired) electrons. The number of anilines is 2. The topological polar surface area (TPSA) is 29.3 Å². The van der Waals surface area contributed by atoms with E-state index in [0.29, 0.717) is 0 Å². The Morgan fingerprint density at radius 1 is 0.955 bits per heavy atom. The summed E-state index contributed by atoms with van der Waals surface area (Å²) in [6.07, 6.45) is 0. The molecule has 3 nitrogen and oxygen atoms in total. The molecule has 116 valence electrons. The van der Waals surface area contributed by atoms with Crippen molar-refractivity contribution in [3.05, 3.63) is 59.7 Å². The Bertz CT molecular complexity index is 608. The molecule has 0 amide bonds. The second-order valence-electron chi connectivity index (χ2n) is 6.79. The van der Waals surface area contributed by atoms with Crippen LogP contribution in [0, 0.1) is 6.92 Å². The number of benzene rings is 2. The normalized spacial score (nSPS) is 17.5. The fourth-order valence-corrected chi connectivity index (χ4v) is 3.18. The SMILES string of the molecule is Cc1ccc(C[N+]2(C)CCN(c3ccc(N)cc3)CC2)cc1. The Morgan fingerprint density at radius 2 is 1.55 bits per heavy atom. The molecule has 1 heterocycles. The van der Waals surface area contributed by atoms with Gasteiger partial charge in [-0.25, -0.2) is 0 Å². The van der Waals surface area contributed by atoms with Gasteiger partial charge in [0.1, 0.15) is 6.54 Å². The number of nitrogen functional groups attached to an aromatic ring is 1. The third kappa shape index (κ3) is 3.42. The zero-order valence-corrected chi connectivity index (χ0v) is 13.6. The molecular weight excluding hydrogens is 270 g/mol. The molecule has 0 unspecified atom stereocenters. The van der Waals surface area contributed by atoms with E-state index in [4.69, 9.17) is 5.73 Å². The summed E-state index contributed by atoms with van der Waals surface area (Å²) in [5.74, 6) is 0. The Morgan fingerprint density at radius 3 is 2.14 bits per heavy atom. The molecule has 0 aromatic heterocycles. The summed E-state index contributed by atoms with van der Waals surface area (Å²) in [6.45, 7) is 7.83. The summed E-state index contributed by atoms with van der Waals surface area (Å²) in [5.41, 5.74) is 10.7. The molecule has 0 atom stereocenters. The summed E-state index contributed by atoms with van der Waals surface area (Å²) in [7, 11) is 2.38. The minimum absolute atomic E-state index is 0.834. The number of piperazine rings is 1. The van der Waals surface area contributed by atoms with Gasteiger partial charge in [-0.2, -0.15) is 0 Å². The standard InChI is InChI=1S/C19H26N3/c1-16-3-5-17(6-4-16)15-22(2)13-11-21(12-14-22)19-9-7-18(20)8-10-19/h3-10H,11-15,20H2,1-2H3/q+1. The van der Waals surface area contributed by atoms with Gasteiger partial charge in [-0.15, -0.1) is 0 Å². The summed E-state index contributed by atoms with van der Waals surface area (Å²) in [4.78, 5) is 2.47. The van der Waals surface area contributed by atoms with Crippen LogP contribution in [0.1, 0.15) is 11.1 Å². The highest BCUT2D eigenvalue weighted by Crippen LogP contribution is 2.22. The Hall–Kier alpha value is -2.00. The summed E-state index contributed by atoms with van der Waals surface area (Å²) in [6, 6.07) is 17.2. The number of hydrogen-bond acceptors (Lipinski definition) is 2. The Balaban J connectivity index is 1.62. The fraction of sp³-hybridized carbons (Fsp3) is 0.368. The molecule has 0 aliphatic carbocycles. The van der Waals surface area contributed by atoms with Crippen molar-refractivity contribution >= 4 is 11.4 Å². The van der Waals surface area contributed by atoms with Gasteiger partial charge in [0, 0.05) is 16.9 Å². The van der Waals surface area contributed by atoms with Crippen LogP contribution in [0.25, 0.3) is 0 Å². The largest absolute Gasteiger partial charge is 0.399 e. The molecule has 1 aliphatic heterocycles. The number of aryl methyl sites for hydroxylation is 1. The van der Waals surface area contributed by atoms with E-state index in [1.54, 1.807) is 0 Å².